The molecule has 6 saturated heterocycles. The molecule has 8 heterocycles. The van der Waals surface area contributed by atoms with E-state index in [1.165, 1.54) is 0 Å². The molecule has 5 amide bonds. The van der Waals surface area contributed by atoms with Gasteiger partial charge in [-0.3, -0.25) is 54.0 Å². The number of nitrogens with one attached hydrogen (secondary N) is 4. The number of benzene rings is 4. The van der Waals surface area contributed by atoms with E-state index in [-0.39, 0.29) is 83.9 Å². The number of pyridine rings is 2. The van der Waals surface area contributed by atoms with Crippen molar-refractivity contribution in [3.63, 3.8) is 0 Å². The first-order valence-corrected chi connectivity index (χ1v) is 37.0. The standard InChI is InChI=1S/C78H94Cl3FN10O9/c1-45-47(3)77(98)87(5)41-61(45)53-34-64(79)60(70(36-53)100-6)33-50-19-29-91(44-74(95)90-30-22-52(23-31-90)59-11-9-56(39-66(59)81)84-69-13-15-73(94)86-76(69)97)57(32-50)40-92-43-62(46(2)48(4)78(92)99)54-35-67(82)63(71(37-54)101-7)42-89-25-17-49(18-26-89)16-24-88-27-20-51(21-28-88)58-10-8-55(38-65(58)80)83-68-12-14-72(93)85-75(68)96/h8-11,34-39,41,43,49-52,57,68-69,83-84H,12-33,40,42,44H2,1-7H3,(H,85,93,96)(H,86,94,97). The van der Waals surface area contributed by atoms with Crippen LogP contribution in [0.25, 0.3) is 22.3 Å². The number of aromatic nitrogens is 2. The summed E-state index contributed by atoms with van der Waals surface area (Å²) in [7, 11) is 4.96. The van der Waals surface area contributed by atoms with Gasteiger partial charge in [0, 0.05) is 124 Å². The summed E-state index contributed by atoms with van der Waals surface area (Å²) in [6, 6.07) is 17.8. The van der Waals surface area contributed by atoms with E-state index in [1.807, 2.05) is 93.5 Å². The van der Waals surface area contributed by atoms with Crippen LogP contribution in [0.2, 0.25) is 15.1 Å². The molecular formula is C78H94Cl3FN10O9. The minimum atomic E-state index is -0.533. The maximum absolute atomic E-state index is 16.9. The van der Waals surface area contributed by atoms with E-state index in [4.69, 9.17) is 44.3 Å². The molecule has 6 aromatic rings. The fourth-order valence-electron chi connectivity index (χ4n) is 16.3. The van der Waals surface area contributed by atoms with Crippen LogP contribution in [0.15, 0.2) is 82.6 Å². The number of imide groups is 2. The lowest BCUT2D eigenvalue weighted by molar-refractivity contribution is -0.135. The number of piperidine rings is 6. The van der Waals surface area contributed by atoms with Crippen molar-refractivity contribution in [2.75, 3.05) is 83.8 Å². The summed E-state index contributed by atoms with van der Waals surface area (Å²) in [4.78, 5) is 99.4. The summed E-state index contributed by atoms with van der Waals surface area (Å²) in [5, 5.41) is 13.1. The van der Waals surface area contributed by atoms with Gasteiger partial charge >= 0.3 is 0 Å². The molecular weight excluding hydrogens is 1350 g/mol. The third-order valence-electron chi connectivity index (χ3n) is 22.7. The minimum Gasteiger partial charge on any atom is -0.496 e. The third kappa shape index (κ3) is 16.7. The second-order valence-electron chi connectivity index (χ2n) is 29.0. The zero-order valence-corrected chi connectivity index (χ0v) is 61.3. The van der Waals surface area contributed by atoms with Gasteiger partial charge in [-0.1, -0.05) is 46.9 Å². The molecule has 0 radical (unpaired) electrons. The van der Waals surface area contributed by atoms with Crippen molar-refractivity contribution in [3.8, 4) is 33.8 Å². The van der Waals surface area contributed by atoms with Gasteiger partial charge < -0.3 is 39.0 Å². The molecule has 19 nitrogen and oxygen atoms in total. The number of halogens is 4. The summed E-state index contributed by atoms with van der Waals surface area (Å²) in [5.41, 5.74) is 10.6. The number of nitrogens with zero attached hydrogens (tertiary/aromatic N) is 6. The molecule has 0 saturated carbocycles. The van der Waals surface area contributed by atoms with Gasteiger partial charge in [0.05, 0.1) is 20.8 Å². The van der Waals surface area contributed by atoms with Crippen LogP contribution >= 0.6 is 34.8 Å². The van der Waals surface area contributed by atoms with Crippen molar-refractivity contribution in [3.05, 3.63) is 159 Å². The van der Waals surface area contributed by atoms with Gasteiger partial charge in [-0.05, 0) is 250 Å². The smallest absolute Gasteiger partial charge is 0.253 e. The molecule has 538 valence electrons. The number of hydrogen-bond acceptors (Lipinski definition) is 14. The van der Waals surface area contributed by atoms with Crippen molar-refractivity contribution >= 4 is 75.7 Å². The number of aryl methyl sites for hydroxylation is 1. The van der Waals surface area contributed by atoms with Crippen molar-refractivity contribution in [2.45, 2.75) is 161 Å². The first kappa shape index (κ1) is 73.2. The van der Waals surface area contributed by atoms with Crippen LogP contribution < -0.4 is 41.9 Å². The molecule has 101 heavy (non-hydrogen) atoms. The van der Waals surface area contributed by atoms with Crippen LogP contribution in [0.4, 0.5) is 15.8 Å². The number of likely N-dealkylation sites (tertiary alicyclic amines) is 4. The number of amides is 5. The quantitative estimate of drug-likeness (QED) is 0.0495. The van der Waals surface area contributed by atoms with Crippen LogP contribution in [-0.2, 0) is 50.5 Å². The van der Waals surface area contributed by atoms with Crippen LogP contribution in [0.1, 0.15) is 140 Å². The number of carbonyl (C=O) groups excluding carboxylic acids is 5. The van der Waals surface area contributed by atoms with Gasteiger partial charge in [0.25, 0.3) is 11.1 Å². The largest absolute Gasteiger partial charge is 0.496 e. The van der Waals surface area contributed by atoms with Crippen LogP contribution in [0.3, 0.4) is 0 Å². The van der Waals surface area contributed by atoms with Gasteiger partial charge in [-0.25, -0.2) is 4.39 Å². The Bertz CT molecular complexity index is 4270. The predicted molar refractivity (Wildman–Crippen MR) is 394 cm³/mol. The molecule has 0 spiro atoms. The average molecular weight is 1440 g/mol. The topological polar surface area (TPSA) is 209 Å². The zero-order valence-electron chi connectivity index (χ0n) is 59.0. The van der Waals surface area contributed by atoms with Gasteiger partial charge in [-0.2, -0.15) is 0 Å². The number of carbonyl (C=O) groups is 5. The van der Waals surface area contributed by atoms with Crippen molar-refractivity contribution in [1.82, 2.24) is 39.4 Å². The number of hydrogen-bond donors (Lipinski definition) is 4. The van der Waals surface area contributed by atoms with E-state index in [1.54, 1.807) is 36.5 Å². The normalized spacial score (nSPS) is 21.0. The van der Waals surface area contributed by atoms with Crippen molar-refractivity contribution in [1.29, 1.82) is 0 Å². The number of methoxy groups -OCH3 is 2. The molecule has 2 aromatic heterocycles. The summed E-state index contributed by atoms with van der Waals surface area (Å²) in [5.74, 6) is 0.663. The van der Waals surface area contributed by atoms with Gasteiger partial charge in [0.15, 0.2) is 0 Å². The maximum Gasteiger partial charge on any atom is 0.253 e. The third-order valence-corrected chi connectivity index (χ3v) is 23.7. The lowest BCUT2D eigenvalue weighted by atomic mass is 9.84. The second-order valence-corrected chi connectivity index (χ2v) is 30.2. The Hall–Kier alpha value is -7.59. The number of anilines is 2. The van der Waals surface area contributed by atoms with E-state index >= 15 is 4.39 Å². The monoisotopic (exact) mass is 1440 g/mol. The number of rotatable bonds is 21. The fourth-order valence-corrected chi connectivity index (χ4v) is 17.2. The number of ether oxygens (including phenoxy) is 2. The maximum atomic E-state index is 16.9. The summed E-state index contributed by atoms with van der Waals surface area (Å²) in [6.07, 6.45) is 13.7. The van der Waals surface area contributed by atoms with Gasteiger partial charge in [0.1, 0.15) is 29.4 Å². The Kier molecular flexibility index (Phi) is 23.2. The summed E-state index contributed by atoms with van der Waals surface area (Å²) < 4.78 is 32.4. The fraction of sp³-hybridized carbons (Fsp3) is 0.500. The molecule has 0 aliphatic carbocycles. The SMILES string of the molecule is COc1cc(-c2cn(CC3CC(Cc4c(Cl)cc(-c5cn(C)c(=O)c(C)c5C)cc4OC)CCN3CC(=O)N3CCC(c4ccc(NC5CCC(=O)NC5=O)cc4Cl)CC3)c(=O)c(C)c2C)cc(F)c1CN1CCC(CCN2CCC(c3ccc(NC4CCC(=O)NC4=O)cc3Cl)CC2)CC1. The summed E-state index contributed by atoms with van der Waals surface area (Å²) in [6.45, 7) is 14.7. The minimum absolute atomic E-state index is 0.00582. The summed E-state index contributed by atoms with van der Waals surface area (Å²) >= 11 is 21.0. The second kappa shape index (κ2) is 32.0. The van der Waals surface area contributed by atoms with E-state index in [0.29, 0.717) is 143 Å². The molecule has 6 aliphatic rings. The average Bonchev–Trinajstić information content (AvgIpc) is 0.781. The molecule has 23 heteroatoms. The lowest BCUT2D eigenvalue weighted by Gasteiger charge is -2.41. The van der Waals surface area contributed by atoms with Crippen molar-refractivity contribution < 1.29 is 37.8 Å². The highest BCUT2D eigenvalue weighted by Crippen LogP contribution is 2.42. The van der Waals surface area contributed by atoms with E-state index in [9.17, 15) is 33.6 Å². The highest BCUT2D eigenvalue weighted by Gasteiger charge is 2.36. The Morgan fingerprint density at radius 1 is 0.584 bits per heavy atom. The van der Waals surface area contributed by atoms with Crippen LogP contribution in [-0.4, -0.2) is 150 Å². The van der Waals surface area contributed by atoms with E-state index < -0.39 is 12.1 Å². The Morgan fingerprint density at radius 2 is 1.11 bits per heavy atom. The molecule has 6 aliphatic heterocycles. The first-order chi connectivity index (χ1) is 48.5. The lowest BCUT2D eigenvalue weighted by Crippen LogP contribution is -2.51. The van der Waals surface area contributed by atoms with Gasteiger partial charge in [0.2, 0.25) is 29.5 Å². The molecule has 4 aromatic carbocycles. The Morgan fingerprint density at radius 3 is 1.67 bits per heavy atom. The molecule has 12 rings (SSSR count). The highest BCUT2D eigenvalue weighted by molar-refractivity contribution is 6.32. The first-order valence-electron chi connectivity index (χ1n) is 35.9. The van der Waals surface area contributed by atoms with Crippen molar-refractivity contribution in [2.24, 2.45) is 18.9 Å². The molecule has 4 N–H and O–H groups in total. The molecule has 4 unspecified atom stereocenters. The molecule has 0 bridgehead atoms. The van der Waals surface area contributed by atoms with Gasteiger partial charge in [-0.15, -0.1) is 0 Å². The highest BCUT2D eigenvalue weighted by atomic mass is 35.5. The predicted octanol–water partition coefficient (Wildman–Crippen LogP) is 11.9. The molecule has 4 atom stereocenters. The Balaban J connectivity index is 0.702. The Labute approximate surface area is 605 Å². The van der Waals surface area contributed by atoms with E-state index in [0.717, 1.165) is 116 Å². The van der Waals surface area contributed by atoms with Crippen LogP contribution in [0, 0.1) is 45.3 Å². The van der Waals surface area contributed by atoms with Crippen LogP contribution in [0.5, 0.6) is 11.5 Å². The molecule has 6 fully saturated rings. The van der Waals surface area contributed by atoms with E-state index in [2.05, 4.69) is 42.0 Å². The zero-order chi connectivity index (χ0) is 71.5.